The smallest absolute Gasteiger partial charge is 0.381 e. The Hall–Kier alpha value is -4.11. The molecule has 192 valence electrons. The maximum Gasteiger partial charge on any atom is 0.433 e. The lowest BCUT2D eigenvalue weighted by Crippen LogP contribution is -2.29. The van der Waals surface area contributed by atoms with Crippen LogP contribution in [0, 0.1) is 0 Å². The maximum atomic E-state index is 13.6. The average molecular weight is 517 g/mol. The van der Waals surface area contributed by atoms with Crippen LogP contribution >= 0.6 is 0 Å². The van der Waals surface area contributed by atoms with Gasteiger partial charge < -0.3 is 4.74 Å². The van der Waals surface area contributed by atoms with Gasteiger partial charge in [0.1, 0.15) is 5.69 Å². The lowest BCUT2D eigenvalue weighted by atomic mass is 9.96. The molecule has 0 atom stereocenters. The van der Waals surface area contributed by atoms with E-state index in [9.17, 15) is 18.0 Å². The third kappa shape index (κ3) is 4.54. The van der Waals surface area contributed by atoms with Crippen LogP contribution in [0.4, 0.5) is 13.2 Å². The van der Waals surface area contributed by atoms with E-state index in [4.69, 9.17) is 9.72 Å². The van der Waals surface area contributed by atoms with Gasteiger partial charge in [-0.3, -0.25) is 19.3 Å². The number of benzene rings is 2. The van der Waals surface area contributed by atoms with Gasteiger partial charge in [0.2, 0.25) is 0 Å². The Morgan fingerprint density at radius 3 is 2.37 bits per heavy atom. The molecule has 6 nitrogen and oxygen atoms in total. The molecule has 2 aromatic carbocycles. The largest absolute Gasteiger partial charge is 0.433 e. The fourth-order valence-corrected chi connectivity index (χ4v) is 5.05. The number of nitrogens with zero attached hydrogens (tertiary/aromatic N) is 4. The molecule has 0 saturated carbocycles. The van der Waals surface area contributed by atoms with Crippen molar-refractivity contribution in [3.8, 4) is 11.3 Å². The fraction of sp³-hybridized carbons (Fsp3) is 0.241. The molecule has 0 unspecified atom stereocenters. The van der Waals surface area contributed by atoms with E-state index in [1.54, 1.807) is 23.2 Å². The highest BCUT2D eigenvalue weighted by molar-refractivity contribution is 6.06. The molecule has 1 fully saturated rings. The fourth-order valence-electron chi connectivity index (χ4n) is 5.05. The molecule has 4 heterocycles. The molecule has 9 heteroatoms. The number of ether oxygens (including phenoxy) is 1. The SMILES string of the molecule is O=c1c2cc(Cc3ccc(-c4ccc(C(F)(F)F)nc4)nc3)c3ccccc3c2ncn1C1CCOCC1. The molecule has 5 aromatic rings. The first kappa shape index (κ1) is 24.2. The normalized spacial score (nSPS) is 14.8. The van der Waals surface area contributed by atoms with Crippen molar-refractivity contribution in [2.75, 3.05) is 13.2 Å². The lowest BCUT2D eigenvalue weighted by molar-refractivity contribution is -0.141. The first-order chi connectivity index (χ1) is 18.4. The molecule has 1 aliphatic rings. The summed E-state index contributed by atoms with van der Waals surface area (Å²) in [4.78, 5) is 26.2. The number of hydrogen-bond acceptors (Lipinski definition) is 5. The zero-order chi connectivity index (χ0) is 26.3. The van der Waals surface area contributed by atoms with Crippen molar-refractivity contribution in [2.45, 2.75) is 31.5 Å². The molecule has 1 aliphatic heterocycles. The predicted molar refractivity (Wildman–Crippen MR) is 138 cm³/mol. The van der Waals surface area contributed by atoms with Crippen molar-refractivity contribution in [1.82, 2.24) is 19.5 Å². The van der Waals surface area contributed by atoms with Crippen LogP contribution in [0.25, 0.3) is 32.9 Å². The van der Waals surface area contributed by atoms with E-state index in [2.05, 4.69) is 9.97 Å². The molecule has 0 aliphatic carbocycles. The van der Waals surface area contributed by atoms with Crippen LogP contribution in [0.5, 0.6) is 0 Å². The monoisotopic (exact) mass is 516 g/mol. The minimum absolute atomic E-state index is 0.0582. The number of alkyl halides is 3. The van der Waals surface area contributed by atoms with Crippen LogP contribution in [-0.2, 0) is 17.3 Å². The summed E-state index contributed by atoms with van der Waals surface area (Å²) in [6, 6.07) is 15.9. The van der Waals surface area contributed by atoms with Gasteiger partial charge in [0, 0.05) is 42.6 Å². The first-order valence-corrected chi connectivity index (χ1v) is 12.4. The standard InChI is InChI=1S/C29H23F3N4O2/c30-29(31,32)26-8-6-19(16-34-26)25-7-5-18(15-33-25)13-20-14-24-27(23-4-2-1-3-22(20)23)35-17-36(28(24)37)21-9-11-38-12-10-21/h1-8,14-17,21H,9-13H2. The molecule has 38 heavy (non-hydrogen) atoms. The van der Waals surface area contributed by atoms with Crippen LogP contribution in [-0.4, -0.2) is 32.7 Å². The third-order valence-corrected chi connectivity index (χ3v) is 7.03. The molecule has 0 N–H and O–H groups in total. The summed E-state index contributed by atoms with van der Waals surface area (Å²) >= 11 is 0. The summed E-state index contributed by atoms with van der Waals surface area (Å²) in [5, 5.41) is 2.50. The van der Waals surface area contributed by atoms with E-state index >= 15 is 0 Å². The average Bonchev–Trinajstić information content (AvgIpc) is 2.94. The molecular weight excluding hydrogens is 493 g/mol. The second-order valence-electron chi connectivity index (χ2n) is 9.44. The van der Waals surface area contributed by atoms with Crippen molar-refractivity contribution < 1.29 is 17.9 Å². The summed E-state index contributed by atoms with van der Waals surface area (Å²) in [7, 11) is 0. The Kier molecular flexibility index (Phi) is 6.15. The summed E-state index contributed by atoms with van der Waals surface area (Å²) < 4.78 is 45.7. The second-order valence-corrected chi connectivity index (χ2v) is 9.44. The minimum atomic E-state index is -4.48. The third-order valence-electron chi connectivity index (χ3n) is 7.03. The van der Waals surface area contributed by atoms with E-state index in [1.807, 2.05) is 36.4 Å². The van der Waals surface area contributed by atoms with Crippen molar-refractivity contribution in [3.05, 3.63) is 100 Å². The van der Waals surface area contributed by atoms with E-state index in [-0.39, 0.29) is 11.6 Å². The van der Waals surface area contributed by atoms with Crippen LogP contribution in [0.2, 0.25) is 0 Å². The van der Waals surface area contributed by atoms with Crippen LogP contribution < -0.4 is 5.56 Å². The van der Waals surface area contributed by atoms with Gasteiger partial charge in [0.15, 0.2) is 0 Å². The summed E-state index contributed by atoms with van der Waals surface area (Å²) in [5.41, 5.74) is 2.60. The Morgan fingerprint density at radius 2 is 1.68 bits per heavy atom. The van der Waals surface area contributed by atoms with E-state index in [0.29, 0.717) is 41.8 Å². The van der Waals surface area contributed by atoms with Gasteiger partial charge in [-0.1, -0.05) is 30.3 Å². The molecule has 0 spiro atoms. The highest BCUT2D eigenvalue weighted by Gasteiger charge is 2.32. The Bertz CT molecular complexity index is 1670. The number of pyridine rings is 2. The summed E-state index contributed by atoms with van der Waals surface area (Å²) in [5.74, 6) is 0. The Morgan fingerprint density at radius 1 is 0.895 bits per heavy atom. The Balaban J connectivity index is 1.35. The van der Waals surface area contributed by atoms with E-state index < -0.39 is 11.9 Å². The lowest BCUT2D eigenvalue weighted by Gasteiger charge is -2.24. The Labute approximate surface area is 215 Å². The highest BCUT2D eigenvalue weighted by Crippen LogP contribution is 2.30. The van der Waals surface area contributed by atoms with Gasteiger partial charge in [-0.15, -0.1) is 0 Å². The molecule has 0 bridgehead atoms. The quantitative estimate of drug-likeness (QED) is 0.276. The molecule has 0 radical (unpaired) electrons. The number of fused-ring (bicyclic) bond motifs is 3. The molecular formula is C29H23F3N4O2. The zero-order valence-corrected chi connectivity index (χ0v) is 20.3. The zero-order valence-electron chi connectivity index (χ0n) is 20.3. The van der Waals surface area contributed by atoms with Crippen LogP contribution in [0.15, 0.2) is 78.1 Å². The van der Waals surface area contributed by atoms with Crippen LogP contribution in [0.3, 0.4) is 0 Å². The summed E-state index contributed by atoms with van der Waals surface area (Å²) in [6.07, 6.45) is 2.14. The topological polar surface area (TPSA) is 69.9 Å². The van der Waals surface area contributed by atoms with Crippen molar-refractivity contribution in [2.24, 2.45) is 0 Å². The predicted octanol–water partition coefficient (Wildman–Crippen LogP) is 5.97. The molecule has 3 aromatic heterocycles. The van der Waals surface area contributed by atoms with E-state index in [1.165, 1.54) is 12.3 Å². The van der Waals surface area contributed by atoms with Crippen LogP contribution in [0.1, 0.15) is 35.7 Å². The molecule has 6 rings (SSSR count). The van der Waals surface area contributed by atoms with Gasteiger partial charge in [0.25, 0.3) is 5.56 Å². The molecule has 0 amide bonds. The van der Waals surface area contributed by atoms with Gasteiger partial charge in [-0.25, -0.2) is 4.98 Å². The number of hydrogen-bond donors (Lipinski definition) is 0. The number of rotatable bonds is 4. The first-order valence-electron chi connectivity index (χ1n) is 12.4. The minimum Gasteiger partial charge on any atom is -0.381 e. The maximum absolute atomic E-state index is 13.6. The second kappa shape index (κ2) is 9.64. The highest BCUT2D eigenvalue weighted by atomic mass is 19.4. The van der Waals surface area contributed by atoms with Gasteiger partial charge in [-0.2, -0.15) is 13.2 Å². The van der Waals surface area contributed by atoms with Gasteiger partial charge >= 0.3 is 6.18 Å². The summed E-state index contributed by atoms with van der Waals surface area (Å²) in [6.45, 7) is 1.26. The number of halogens is 3. The number of aromatic nitrogens is 4. The van der Waals surface area contributed by atoms with Crippen molar-refractivity contribution >= 4 is 21.7 Å². The van der Waals surface area contributed by atoms with Crippen molar-refractivity contribution in [1.29, 1.82) is 0 Å². The van der Waals surface area contributed by atoms with Gasteiger partial charge in [-0.05, 0) is 60.0 Å². The molecule has 1 saturated heterocycles. The van der Waals surface area contributed by atoms with E-state index in [0.717, 1.165) is 40.8 Å². The van der Waals surface area contributed by atoms with Crippen molar-refractivity contribution in [3.63, 3.8) is 0 Å². The van der Waals surface area contributed by atoms with Gasteiger partial charge in [0.05, 0.1) is 22.9 Å².